The van der Waals surface area contributed by atoms with Gasteiger partial charge in [-0.15, -0.1) is 0 Å². The van der Waals surface area contributed by atoms with Gasteiger partial charge in [-0.2, -0.15) is 0 Å². The van der Waals surface area contributed by atoms with Gasteiger partial charge in [0.1, 0.15) is 5.82 Å². The number of rotatable bonds is 2. The van der Waals surface area contributed by atoms with Crippen molar-refractivity contribution in [2.45, 2.75) is 0 Å². The molecule has 3 rings (SSSR count). The number of carbonyl (C=O) groups excluding carboxylic acids is 1. The fourth-order valence-electron chi connectivity index (χ4n) is 1.94. The summed E-state index contributed by atoms with van der Waals surface area (Å²) in [5, 5.41) is 1.12. The Bertz CT molecular complexity index is 718. The lowest BCUT2D eigenvalue weighted by atomic mass is 10.3. The summed E-state index contributed by atoms with van der Waals surface area (Å²) in [6.07, 6.45) is 0. The van der Waals surface area contributed by atoms with Crippen molar-refractivity contribution in [2.24, 2.45) is 4.99 Å². The summed E-state index contributed by atoms with van der Waals surface area (Å²) in [5.41, 5.74) is 1.28. The monoisotopic (exact) mass is 320 g/mol. The van der Waals surface area contributed by atoms with E-state index in [4.69, 9.17) is 11.6 Å². The summed E-state index contributed by atoms with van der Waals surface area (Å²) in [6.45, 7) is 0. The fourth-order valence-corrected chi connectivity index (χ4v) is 3.01. The Morgan fingerprint density at radius 1 is 1.19 bits per heavy atom. The van der Waals surface area contributed by atoms with Crippen LogP contribution in [0.3, 0.4) is 0 Å². The van der Waals surface area contributed by atoms with Crippen LogP contribution in [0.4, 0.5) is 15.8 Å². The second-order valence-corrected chi connectivity index (χ2v) is 5.75. The van der Waals surface area contributed by atoms with Crippen LogP contribution in [0.5, 0.6) is 0 Å². The van der Waals surface area contributed by atoms with Crippen LogP contribution in [0.15, 0.2) is 53.5 Å². The van der Waals surface area contributed by atoms with Crippen LogP contribution in [-0.2, 0) is 4.79 Å². The van der Waals surface area contributed by atoms with E-state index in [-0.39, 0.29) is 11.7 Å². The number of aliphatic imine (C=N–C) groups is 1. The number of amidine groups is 1. The molecule has 0 N–H and O–H groups in total. The van der Waals surface area contributed by atoms with Gasteiger partial charge in [0.25, 0.3) is 0 Å². The average Bonchev–Trinajstić information content (AvgIpc) is 2.82. The number of hydrogen-bond acceptors (Lipinski definition) is 3. The predicted molar refractivity (Wildman–Crippen MR) is 84.9 cm³/mol. The number of hydrogen-bond donors (Lipinski definition) is 0. The van der Waals surface area contributed by atoms with Crippen molar-refractivity contribution in [1.29, 1.82) is 0 Å². The minimum Gasteiger partial charge on any atom is -0.273 e. The standard InChI is InChI=1S/C15H10ClFN2OS/c16-10-2-1-3-13(8-10)19-14(20)9-21-15(19)18-12-6-4-11(17)5-7-12/h1-8H,9H2/b18-15-. The Morgan fingerprint density at radius 3 is 2.67 bits per heavy atom. The van der Waals surface area contributed by atoms with Gasteiger partial charge in [0, 0.05) is 5.02 Å². The van der Waals surface area contributed by atoms with Crippen molar-refractivity contribution < 1.29 is 9.18 Å². The van der Waals surface area contributed by atoms with Gasteiger partial charge < -0.3 is 0 Å². The summed E-state index contributed by atoms with van der Waals surface area (Å²) in [4.78, 5) is 18.0. The maximum absolute atomic E-state index is 12.9. The number of anilines is 1. The third-order valence-corrected chi connectivity index (χ3v) is 4.04. The number of amides is 1. The summed E-state index contributed by atoms with van der Waals surface area (Å²) in [7, 11) is 0. The highest BCUT2D eigenvalue weighted by Gasteiger charge is 2.29. The maximum atomic E-state index is 12.9. The first-order valence-corrected chi connectivity index (χ1v) is 7.55. The molecule has 0 spiro atoms. The lowest BCUT2D eigenvalue weighted by Gasteiger charge is -2.16. The summed E-state index contributed by atoms with van der Waals surface area (Å²) >= 11 is 7.32. The van der Waals surface area contributed by atoms with Crippen molar-refractivity contribution in [3.8, 4) is 0 Å². The van der Waals surface area contributed by atoms with E-state index in [1.165, 1.54) is 28.8 Å². The third-order valence-electron chi connectivity index (χ3n) is 2.88. The van der Waals surface area contributed by atoms with E-state index < -0.39 is 0 Å². The predicted octanol–water partition coefficient (Wildman–Crippen LogP) is 4.25. The topological polar surface area (TPSA) is 32.7 Å². The molecule has 1 aliphatic heterocycles. The highest BCUT2D eigenvalue weighted by Crippen LogP contribution is 2.30. The summed E-state index contributed by atoms with van der Waals surface area (Å²) in [5.74, 6) is -0.0454. The van der Waals surface area contributed by atoms with Gasteiger partial charge in [-0.25, -0.2) is 9.38 Å². The van der Waals surface area contributed by atoms with E-state index in [0.717, 1.165) is 0 Å². The number of thioether (sulfide) groups is 1. The van der Waals surface area contributed by atoms with Crippen LogP contribution in [0.2, 0.25) is 5.02 Å². The molecule has 0 unspecified atom stereocenters. The number of nitrogens with zero attached hydrogens (tertiary/aromatic N) is 2. The van der Waals surface area contributed by atoms with Crippen molar-refractivity contribution in [3.05, 3.63) is 59.4 Å². The van der Waals surface area contributed by atoms with Crippen LogP contribution >= 0.6 is 23.4 Å². The Morgan fingerprint density at radius 2 is 1.95 bits per heavy atom. The van der Waals surface area contributed by atoms with Gasteiger partial charge in [0.2, 0.25) is 5.91 Å². The molecule has 0 radical (unpaired) electrons. The van der Waals surface area contributed by atoms with E-state index >= 15 is 0 Å². The molecule has 2 aromatic rings. The maximum Gasteiger partial charge on any atom is 0.243 e. The molecule has 1 fully saturated rings. The van der Waals surface area contributed by atoms with E-state index in [9.17, 15) is 9.18 Å². The second kappa shape index (κ2) is 5.87. The molecule has 0 bridgehead atoms. The number of carbonyl (C=O) groups is 1. The van der Waals surface area contributed by atoms with Crippen LogP contribution in [0.25, 0.3) is 0 Å². The minimum absolute atomic E-state index is 0.0527. The minimum atomic E-state index is -0.319. The first kappa shape index (κ1) is 14.1. The molecule has 1 saturated heterocycles. The molecule has 6 heteroatoms. The molecule has 0 aromatic heterocycles. The Balaban J connectivity index is 1.97. The van der Waals surface area contributed by atoms with Gasteiger partial charge in [-0.1, -0.05) is 29.4 Å². The molecule has 0 saturated carbocycles. The molecule has 0 aliphatic carbocycles. The van der Waals surface area contributed by atoms with Crippen LogP contribution in [-0.4, -0.2) is 16.8 Å². The molecular weight excluding hydrogens is 311 g/mol. The average molecular weight is 321 g/mol. The largest absolute Gasteiger partial charge is 0.273 e. The van der Waals surface area contributed by atoms with Crippen molar-refractivity contribution in [3.63, 3.8) is 0 Å². The molecule has 2 aromatic carbocycles. The smallest absolute Gasteiger partial charge is 0.243 e. The molecule has 1 heterocycles. The molecule has 1 amide bonds. The van der Waals surface area contributed by atoms with Crippen molar-refractivity contribution >= 4 is 45.8 Å². The van der Waals surface area contributed by atoms with E-state index in [1.54, 1.807) is 36.4 Å². The highest BCUT2D eigenvalue weighted by atomic mass is 35.5. The normalized spacial score (nSPS) is 16.8. The molecule has 0 atom stereocenters. The van der Waals surface area contributed by atoms with Crippen LogP contribution < -0.4 is 4.90 Å². The molecular formula is C15H10ClFN2OS. The zero-order chi connectivity index (χ0) is 14.8. The van der Waals surface area contributed by atoms with Crippen LogP contribution in [0, 0.1) is 5.82 Å². The van der Waals surface area contributed by atoms with Gasteiger partial charge in [0.05, 0.1) is 17.1 Å². The fraction of sp³-hybridized carbons (Fsp3) is 0.0667. The first-order valence-electron chi connectivity index (χ1n) is 6.19. The van der Waals surface area contributed by atoms with E-state index in [1.807, 2.05) is 0 Å². The van der Waals surface area contributed by atoms with Gasteiger partial charge in [0.15, 0.2) is 5.17 Å². The summed E-state index contributed by atoms with van der Waals surface area (Å²) in [6, 6.07) is 12.9. The van der Waals surface area contributed by atoms with Crippen molar-refractivity contribution in [2.75, 3.05) is 10.7 Å². The van der Waals surface area contributed by atoms with Gasteiger partial charge in [-0.05, 0) is 42.5 Å². The Hall–Kier alpha value is -1.85. The first-order chi connectivity index (χ1) is 10.1. The van der Waals surface area contributed by atoms with E-state index in [0.29, 0.717) is 27.3 Å². The van der Waals surface area contributed by atoms with E-state index in [2.05, 4.69) is 4.99 Å². The quantitative estimate of drug-likeness (QED) is 0.828. The number of benzene rings is 2. The molecule has 106 valence electrons. The number of halogens is 2. The van der Waals surface area contributed by atoms with Crippen LogP contribution in [0.1, 0.15) is 0 Å². The Kier molecular flexibility index (Phi) is 3.94. The van der Waals surface area contributed by atoms with Crippen molar-refractivity contribution in [1.82, 2.24) is 0 Å². The highest BCUT2D eigenvalue weighted by molar-refractivity contribution is 8.15. The zero-order valence-corrected chi connectivity index (χ0v) is 12.4. The molecule has 1 aliphatic rings. The SMILES string of the molecule is O=C1CS/C(=N\c2ccc(F)cc2)N1c1cccc(Cl)c1. The Labute approximate surface area is 130 Å². The molecule has 21 heavy (non-hydrogen) atoms. The summed E-state index contributed by atoms with van der Waals surface area (Å²) < 4.78 is 12.9. The lowest BCUT2D eigenvalue weighted by molar-refractivity contribution is -0.115. The molecule has 3 nitrogen and oxygen atoms in total. The lowest BCUT2D eigenvalue weighted by Crippen LogP contribution is -2.29. The van der Waals surface area contributed by atoms with Gasteiger partial charge in [-0.3, -0.25) is 9.69 Å². The van der Waals surface area contributed by atoms with Gasteiger partial charge >= 0.3 is 0 Å². The zero-order valence-electron chi connectivity index (χ0n) is 10.8. The third kappa shape index (κ3) is 3.09. The second-order valence-electron chi connectivity index (χ2n) is 4.37.